The second-order valence-electron chi connectivity index (χ2n) is 6.69. The largest absolute Gasteiger partial charge is 0.349 e. The Balaban J connectivity index is 5.03. The lowest BCUT2D eigenvalue weighted by Crippen LogP contribution is -2.37. The molecule has 112 valence electrons. The number of nitrogens with zero attached hydrogens (tertiary/aromatic N) is 1. The third-order valence-corrected chi connectivity index (χ3v) is 3.70. The molecule has 19 heavy (non-hydrogen) atoms. The SMILES string of the molecule is C[C@H](CF)[C@H](CC(=O)C(C)(C)C)[C@H](C)C(=O)N(C)C. The van der Waals surface area contributed by atoms with Gasteiger partial charge >= 0.3 is 0 Å². The van der Waals surface area contributed by atoms with Crippen molar-refractivity contribution in [3.63, 3.8) is 0 Å². The molecule has 0 unspecified atom stereocenters. The highest BCUT2D eigenvalue weighted by atomic mass is 19.1. The maximum atomic E-state index is 13.0. The van der Waals surface area contributed by atoms with E-state index >= 15 is 0 Å². The molecule has 1 amide bonds. The predicted octanol–water partition coefficient (Wildman–Crippen LogP) is 2.94. The number of hydrogen-bond donors (Lipinski definition) is 0. The van der Waals surface area contributed by atoms with Gasteiger partial charge in [-0.25, -0.2) is 0 Å². The summed E-state index contributed by atoms with van der Waals surface area (Å²) < 4.78 is 13.0. The molecule has 0 fully saturated rings. The van der Waals surface area contributed by atoms with Crippen molar-refractivity contribution in [2.75, 3.05) is 20.8 Å². The van der Waals surface area contributed by atoms with Crippen LogP contribution in [0.4, 0.5) is 4.39 Å². The summed E-state index contributed by atoms with van der Waals surface area (Å²) in [4.78, 5) is 25.7. The molecule has 0 aliphatic carbocycles. The number of ketones is 1. The van der Waals surface area contributed by atoms with Gasteiger partial charge in [-0.1, -0.05) is 34.6 Å². The summed E-state index contributed by atoms with van der Waals surface area (Å²) in [5, 5.41) is 0. The number of alkyl halides is 1. The molecule has 0 heterocycles. The first-order chi connectivity index (χ1) is 8.52. The second-order valence-corrected chi connectivity index (χ2v) is 6.69. The maximum Gasteiger partial charge on any atom is 0.225 e. The summed E-state index contributed by atoms with van der Waals surface area (Å²) in [6.07, 6.45) is 0.259. The van der Waals surface area contributed by atoms with Gasteiger partial charge in [0.1, 0.15) is 5.78 Å². The topological polar surface area (TPSA) is 37.4 Å². The minimum Gasteiger partial charge on any atom is -0.349 e. The minimum absolute atomic E-state index is 0.0491. The number of carbonyl (C=O) groups is 2. The first-order valence-electron chi connectivity index (χ1n) is 6.82. The van der Waals surface area contributed by atoms with Crippen LogP contribution in [0.5, 0.6) is 0 Å². The van der Waals surface area contributed by atoms with Gasteiger partial charge < -0.3 is 4.90 Å². The Labute approximate surface area is 116 Å². The second kappa shape index (κ2) is 7.01. The Morgan fingerprint density at radius 1 is 1.16 bits per heavy atom. The highest BCUT2D eigenvalue weighted by Gasteiger charge is 2.34. The zero-order valence-corrected chi connectivity index (χ0v) is 13.3. The summed E-state index contributed by atoms with van der Waals surface area (Å²) in [6, 6.07) is 0. The molecule has 0 spiro atoms. The van der Waals surface area contributed by atoms with Crippen molar-refractivity contribution >= 4 is 11.7 Å². The van der Waals surface area contributed by atoms with Crippen LogP contribution in [-0.4, -0.2) is 37.4 Å². The molecule has 0 saturated heterocycles. The maximum absolute atomic E-state index is 13.0. The molecule has 4 heteroatoms. The molecule has 3 atom stereocenters. The van der Waals surface area contributed by atoms with Crippen LogP contribution < -0.4 is 0 Å². The van der Waals surface area contributed by atoms with E-state index in [0.29, 0.717) is 0 Å². The summed E-state index contributed by atoms with van der Waals surface area (Å²) in [7, 11) is 3.36. The number of halogens is 1. The lowest BCUT2D eigenvalue weighted by Gasteiger charge is -2.30. The summed E-state index contributed by atoms with van der Waals surface area (Å²) in [5.74, 6) is -0.841. The number of hydrogen-bond acceptors (Lipinski definition) is 2. The third kappa shape index (κ3) is 5.29. The third-order valence-electron chi connectivity index (χ3n) is 3.70. The van der Waals surface area contributed by atoms with Crippen LogP contribution in [0.2, 0.25) is 0 Å². The summed E-state index contributed by atoms with van der Waals surface area (Å²) >= 11 is 0. The fraction of sp³-hybridized carbons (Fsp3) is 0.867. The standard InChI is InChI=1S/C15H28FNO2/c1-10(9-16)12(8-13(18)15(3,4)5)11(2)14(19)17(6)7/h10-12H,8-9H2,1-7H3/t10-,11+,12+/m1/s1. The molecular weight excluding hydrogens is 245 g/mol. The van der Waals surface area contributed by atoms with Crippen LogP contribution >= 0.6 is 0 Å². The Kier molecular flexibility index (Phi) is 6.67. The Morgan fingerprint density at radius 3 is 1.95 bits per heavy atom. The molecular formula is C15H28FNO2. The molecule has 0 aromatic carbocycles. The first-order valence-corrected chi connectivity index (χ1v) is 6.82. The van der Waals surface area contributed by atoms with Crippen LogP contribution in [0.25, 0.3) is 0 Å². The Bertz CT molecular complexity index is 321. The smallest absolute Gasteiger partial charge is 0.225 e. The molecule has 0 aliphatic heterocycles. The van der Waals surface area contributed by atoms with E-state index in [1.54, 1.807) is 27.9 Å². The molecule has 0 aliphatic rings. The van der Waals surface area contributed by atoms with Crippen molar-refractivity contribution in [2.24, 2.45) is 23.2 Å². The molecule has 0 rings (SSSR count). The van der Waals surface area contributed by atoms with Gasteiger partial charge in [-0.3, -0.25) is 14.0 Å². The summed E-state index contributed by atoms with van der Waals surface area (Å²) in [6.45, 7) is 8.60. The van der Waals surface area contributed by atoms with Gasteiger partial charge in [-0.15, -0.1) is 0 Å². The Morgan fingerprint density at radius 2 is 1.63 bits per heavy atom. The zero-order valence-electron chi connectivity index (χ0n) is 13.3. The van der Waals surface area contributed by atoms with Crippen molar-refractivity contribution < 1.29 is 14.0 Å². The van der Waals surface area contributed by atoms with Crippen molar-refractivity contribution in [3.8, 4) is 0 Å². The van der Waals surface area contributed by atoms with E-state index in [1.807, 2.05) is 20.8 Å². The molecule has 0 bridgehead atoms. The number of rotatable bonds is 6. The van der Waals surface area contributed by atoms with Crippen molar-refractivity contribution in [2.45, 2.75) is 41.0 Å². The van der Waals surface area contributed by atoms with E-state index in [-0.39, 0.29) is 35.9 Å². The van der Waals surface area contributed by atoms with Crippen molar-refractivity contribution in [3.05, 3.63) is 0 Å². The highest BCUT2D eigenvalue weighted by molar-refractivity contribution is 5.85. The van der Waals surface area contributed by atoms with Crippen LogP contribution in [0, 0.1) is 23.2 Å². The van der Waals surface area contributed by atoms with E-state index < -0.39 is 12.1 Å². The average molecular weight is 273 g/mol. The van der Waals surface area contributed by atoms with E-state index in [9.17, 15) is 14.0 Å². The van der Waals surface area contributed by atoms with Gasteiger partial charge in [0, 0.05) is 31.8 Å². The highest BCUT2D eigenvalue weighted by Crippen LogP contribution is 2.30. The lowest BCUT2D eigenvalue weighted by atomic mass is 9.75. The van der Waals surface area contributed by atoms with E-state index in [4.69, 9.17) is 0 Å². The van der Waals surface area contributed by atoms with E-state index in [2.05, 4.69) is 0 Å². The van der Waals surface area contributed by atoms with Gasteiger partial charge in [-0.05, 0) is 11.8 Å². The van der Waals surface area contributed by atoms with Gasteiger partial charge in [-0.2, -0.15) is 0 Å². The normalized spacial score (nSPS) is 16.6. The van der Waals surface area contributed by atoms with Gasteiger partial charge in [0.2, 0.25) is 5.91 Å². The predicted molar refractivity (Wildman–Crippen MR) is 75.6 cm³/mol. The Hall–Kier alpha value is -0.930. The number of amides is 1. The van der Waals surface area contributed by atoms with Crippen LogP contribution in [-0.2, 0) is 9.59 Å². The molecule has 0 aromatic rings. The van der Waals surface area contributed by atoms with Crippen molar-refractivity contribution in [1.82, 2.24) is 4.90 Å². The monoisotopic (exact) mass is 273 g/mol. The number of carbonyl (C=O) groups excluding carboxylic acids is 2. The van der Waals surface area contributed by atoms with Crippen LogP contribution in [0.15, 0.2) is 0 Å². The van der Waals surface area contributed by atoms with Crippen LogP contribution in [0.1, 0.15) is 41.0 Å². The fourth-order valence-corrected chi connectivity index (χ4v) is 2.10. The lowest BCUT2D eigenvalue weighted by molar-refractivity contribution is -0.136. The minimum atomic E-state index is -0.507. The van der Waals surface area contributed by atoms with Gasteiger partial charge in [0.15, 0.2) is 0 Å². The fourth-order valence-electron chi connectivity index (χ4n) is 2.10. The molecule has 0 N–H and O–H groups in total. The quantitative estimate of drug-likeness (QED) is 0.746. The van der Waals surface area contributed by atoms with E-state index in [1.165, 1.54) is 4.90 Å². The molecule has 0 aromatic heterocycles. The zero-order chi connectivity index (χ0) is 15.4. The molecule has 0 radical (unpaired) electrons. The van der Waals surface area contributed by atoms with Gasteiger partial charge in [0.25, 0.3) is 0 Å². The number of Topliss-reactive ketones (excluding diaryl/α,β-unsaturated/α-hetero) is 1. The van der Waals surface area contributed by atoms with Gasteiger partial charge in [0.05, 0.1) is 6.67 Å². The summed E-state index contributed by atoms with van der Waals surface area (Å²) in [5.41, 5.74) is -0.449. The molecule has 3 nitrogen and oxygen atoms in total. The first kappa shape index (κ1) is 18.1. The average Bonchev–Trinajstić information content (AvgIpc) is 2.31. The molecule has 0 saturated carbocycles. The van der Waals surface area contributed by atoms with Crippen molar-refractivity contribution in [1.29, 1.82) is 0 Å². The van der Waals surface area contributed by atoms with E-state index in [0.717, 1.165) is 0 Å². The van der Waals surface area contributed by atoms with Crippen LogP contribution in [0.3, 0.4) is 0 Å².